The number of carbonyl (C=O) groups is 1. The quantitative estimate of drug-likeness (QED) is 0.454. The summed E-state index contributed by atoms with van der Waals surface area (Å²) in [4.78, 5) is 10.7. The van der Waals surface area contributed by atoms with Gasteiger partial charge in [0.05, 0.1) is 13.0 Å². The fourth-order valence-corrected chi connectivity index (χ4v) is 0.615. The summed E-state index contributed by atoms with van der Waals surface area (Å²) < 4.78 is 4.73. The van der Waals surface area contributed by atoms with Crippen LogP contribution in [0.4, 0.5) is 0 Å². The summed E-state index contributed by atoms with van der Waals surface area (Å²) in [6.07, 6.45) is 0.423. The zero-order chi connectivity index (χ0) is 8.69. The molecule has 0 heterocycles. The first-order chi connectivity index (χ1) is 5.16. The molecular formula is C7H16N2O2. The molecular weight excluding hydrogens is 144 g/mol. The second-order valence-electron chi connectivity index (χ2n) is 2.36. The van der Waals surface area contributed by atoms with Crippen molar-refractivity contribution in [2.24, 2.45) is 0 Å². The van der Waals surface area contributed by atoms with Crippen LogP contribution in [0.2, 0.25) is 0 Å². The zero-order valence-corrected chi connectivity index (χ0v) is 7.39. The Balaban J connectivity index is 3.17. The van der Waals surface area contributed by atoms with E-state index in [-0.39, 0.29) is 5.97 Å². The van der Waals surface area contributed by atoms with E-state index in [1.165, 1.54) is 0 Å². The number of hydrogen-bond acceptors (Lipinski definition) is 4. The number of hydrogen-bond donors (Lipinski definition) is 1. The molecule has 11 heavy (non-hydrogen) atoms. The average molecular weight is 160 g/mol. The van der Waals surface area contributed by atoms with Crippen LogP contribution >= 0.6 is 0 Å². The third-order valence-corrected chi connectivity index (χ3v) is 1.06. The lowest BCUT2D eigenvalue weighted by atomic mass is 10.4. The SMILES string of the molecule is CCOC(=O)CCNN(C)C. The molecule has 0 amide bonds. The first kappa shape index (κ1) is 10.4. The molecule has 0 radical (unpaired) electrons. The van der Waals surface area contributed by atoms with Gasteiger partial charge in [0, 0.05) is 20.6 Å². The zero-order valence-electron chi connectivity index (χ0n) is 7.39. The summed E-state index contributed by atoms with van der Waals surface area (Å²) in [5.41, 5.74) is 2.97. The molecule has 0 fully saturated rings. The first-order valence-corrected chi connectivity index (χ1v) is 3.73. The van der Waals surface area contributed by atoms with E-state index in [1.807, 2.05) is 14.1 Å². The smallest absolute Gasteiger partial charge is 0.307 e. The lowest BCUT2D eigenvalue weighted by Gasteiger charge is -2.10. The molecule has 0 saturated carbocycles. The third kappa shape index (κ3) is 7.29. The fraction of sp³-hybridized carbons (Fsp3) is 0.857. The lowest BCUT2D eigenvalue weighted by Crippen LogP contribution is -2.32. The van der Waals surface area contributed by atoms with Crippen LogP contribution in [0.15, 0.2) is 0 Å². The van der Waals surface area contributed by atoms with Gasteiger partial charge in [0.25, 0.3) is 0 Å². The predicted octanol–water partition coefficient (Wildman–Crippen LogP) is 0.00580. The number of hydrazine groups is 1. The summed E-state index contributed by atoms with van der Waals surface area (Å²) in [5.74, 6) is -0.151. The summed E-state index contributed by atoms with van der Waals surface area (Å²) in [5, 5.41) is 1.80. The Hall–Kier alpha value is -0.610. The van der Waals surface area contributed by atoms with Gasteiger partial charge < -0.3 is 4.74 Å². The van der Waals surface area contributed by atoms with Crippen molar-refractivity contribution >= 4 is 5.97 Å². The van der Waals surface area contributed by atoms with E-state index in [0.29, 0.717) is 19.6 Å². The Labute approximate surface area is 67.5 Å². The molecule has 0 aliphatic carbocycles. The molecule has 0 unspecified atom stereocenters. The van der Waals surface area contributed by atoms with E-state index < -0.39 is 0 Å². The lowest BCUT2D eigenvalue weighted by molar-refractivity contribution is -0.143. The van der Waals surface area contributed by atoms with E-state index in [9.17, 15) is 4.79 Å². The van der Waals surface area contributed by atoms with Crippen LogP contribution in [0.5, 0.6) is 0 Å². The molecule has 0 aliphatic heterocycles. The highest BCUT2D eigenvalue weighted by molar-refractivity contribution is 5.69. The molecule has 0 aromatic carbocycles. The van der Waals surface area contributed by atoms with Gasteiger partial charge in [0.2, 0.25) is 0 Å². The highest BCUT2D eigenvalue weighted by Gasteiger charge is 1.99. The Morgan fingerprint density at radius 3 is 2.64 bits per heavy atom. The maximum Gasteiger partial charge on any atom is 0.307 e. The summed E-state index contributed by atoms with van der Waals surface area (Å²) >= 11 is 0. The fourth-order valence-electron chi connectivity index (χ4n) is 0.615. The van der Waals surface area contributed by atoms with Crippen molar-refractivity contribution in [2.75, 3.05) is 27.2 Å². The summed E-state index contributed by atoms with van der Waals surface area (Å²) in [6.45, 7) is 2.89. The van der Waals surface area contributed by atoms with Gasteiger partial charge in [0.15, 0.2) is 0 Å². The second kappa shape index (κ2) is 6.12. The van der Waals surface area contributed by atoms with Gasteiger partial charge in [0.1, 0.15) is 0 Å². The van der Waals surface area contributed by atoms with Crippen LogP contribution < -0.4 is 5.43 Å². The number of rotatable bonds is 5. The van der Waals surface area contributed by atoms with Crippen molar-refractivity contribution in [1.29, 1.82) is 0 Å². The monoisotopic (exact) mass is 160 g/mol. The summed E-state index contributed by atoms with van der Waals surface area (Å²) in [7, 11) is 3.76. The van der Waals surface area contributed by atoms with Crippen LogP contribution in [0.25, 0.3) is 0 Å². The molecule has 1 N–H and O–H groups in total. The molecule has 0 rings (SSSR count). The number of carbonyl (C=O) groups excluding carboxylic acids is 1. The molecule has 0 aromatic rings. The number of nitrogens with one attached hydrogen (secondary N) is 1. The molecule has 66 valence electrons. The minimum absolute atomic E-state index is 0.151. The van der Waals surface area contributed by atoms with Gasteiger partial charge in [-0.2, -0.15) is 0 Å². The predicted molar refractivity (Wildman–Crippen MR) is 42.9 cm³/mol. The minimum atomic E-state index is -0.151. The van der Waals surface area contributed by atoms with Gasteiger partial charge in [-0.25, -0.2) is 0 Å². The average Bonchev–Trinajstić information content (AvgIpc) is 1.87. The van der Waals surface area contributed by atoms with E-state index >= 15 is 0 Å². The highest BCUT2D eigenvalue weighted by Crippen LogP contribution is 1.83. The van der Waals surface area contributed by atoms with Crippen molar-refractivity contribution in [3.05, 3.63) is 0 Å². The highest BCUT2D eigenvalue weighted by atomic mass is 16.5. The van der Waals surface area contributed by atoms with Crippen LogP contribution in [-0.4, -0.2) is 38.2 Å². The van der Waals surface area contributed by atoms with E-state index in [0.717, 1.165) is 0 Å². The van der Waals surface area contributed by atoms with Gasteiger partial charge in [-0.1, -0.05) is 0 Å². The molecule has 4 heteroatoms. The Morgan fingerprint density at radius 1 is 1.55 bits per heavy atom. The van der Waals surface area contributed by atoms with Crippen molar-refractivity contribution in [3.63, 3.8) is 0 Å². The molecule has 0 spiro atoms. The molecule has 0 aromatic heterocycles. The molecule has 4 nitrogen and oxygen atoms in total. The first-order valence-electron chi connectivity index (χ1n) is 3.73. The molecule has 0 bridgehead atoms. The Bertz CT molecular complexity index is 115. The molecule has 0 atom stereocenters. The van der Waals surface area contributed by atoms with Crippen molar-refractivity contribution in [2.45, 2.75) is 13.3 Å². The normalized spacial score (nSPS) is 10.2. The number of esters is 1. The topological polar surface area (TPSA) is 41.6 Å². The standard InChI is InChI=1S/C7H16N2O2/c1-4-11-7(10)5-6-8-9(2)3/h8H,4-6H2,1-3H3. The van der Waals surface area contributed by atoms with Crippen LogP contribution in [0.3, 0.4) is 0 Å². The Kier molecular flexibility index (Phi) is 5.78. The minimum Gasteiger partial charge on any atom is -0.466 e. The second-order valence-corrected chi connectivity index (χ2v) is 2.36. The maximum absolute atomic E-state index is 10.7. The number of nitrogens with zero attached hydrogens (tertiary/aromatic N) is 1. The summed E-state index contributed by atoms with van der Waals surface area (Å²) in [6, 6.07) is 0. The van der Waals surface area contributed by atoms with Crippen molar-refractivity contribution in [3.8, 4) is 0 Å². The van der Waals surface area contributed by atoms with Crippen LogP contribution in [0, 0.1) is 0 Å². The third-order valence-electron chi connectivity index (χ3n) is 1.06. The van der Waals surface area contributed by atoms with Crippen molar-refractivity contribution < 1.29 is 9.53 Å². The van der Waals surface area contributed by atoms with Crippen molar-refractivity contribution in [1.82, 2.24) is 10.4 Å². The Morgan fingerprint density at radius 2 is 2.18 bits per heavy atom. The molecule has 0 aliphatic rings. The largest absolute Gasteiger partial charge is 0.466 e. The van der Waals surface area contributed by atoms with Crippen LogP contribution in [0.1, 0.15) is 13.3 Å². The van der Waals surface area contributed by atoms with Gasteiger partial charge in [-0.3, -0.25) is 15.2 Å². The van der Waals surface area contributed by atoms with Gasteiger partial charge in [-0.05, 0) is 6.92 Å². The number of ether oxygens (including phenoxy) is 1. The molecule has 0 saturated heterocycles. The van der Waals surface area contributed by atoms with Gasteiger partial charge >= 0.3 is 5.97 Å². The van der Waals surface area contributed by atoms with Crippen LogP contribution in [-0.2, 0) is 9.53 Å². The van der Waals surface area contributed by atoms with E-state index in [1.54, 1.807) is 11.9 Å². The van der Waals surface area contributed by atoms with Gasteiger partial charge in [-0.15, -0.1) is 0 Å². The maximum atomic E-state index is 10.7. The van der Waals surface area contributed by atoms with E-state index in [4.69, 9.17) is 4.74 Å². The van der Waals surface area contributed by atoms with E-state index in [2.05, 4.69) is 5.43 Å².